The average molecular weight is 344 g/mol. The van der Waals surface area contributed by atoms with Gasteiger partial charge < -0.3 is 23.7 Å². The van der Waals surface area contributed by atoms with Crippen LogP contribution in [0.25, 0.3) is 0 Å². The number of carbonyl (C=O) groups excluding carboxylic acids is 1. The minimum absolute atomic E-state index is 0.100. The molecule has 0 spiro atoms. The molecule has 1 unspecified atom stereocenters. The number of fused-ring (bicyclic) bond motifs is 1. The predicted octanol–water partition coefficient (Wildman–Crippen LogP) is 3.09. The Morgan fingerprint density at radius 1 is 1.16 bits per heavy atom. The molecule has 2 aromatic rings. The smallest absolute Gasteiger partial charge is 0.338 e. The molecule has 132 valence electrons. The van der Waals surface area contributed by atoms with Crippen LogP contribution in [0, 0.1) is 0 Å². The Morgan fingerprint density at radius 2 is 1.96 bits per heavy atom. The van der Waals surface area contributed by atoms with Gasteiger partial charge in [0.2, 0.25) is 0 Å². The van der Waals surface area contributed by atoms with Gasteiger partial charge in [-0.15, -0.1) is 0 Å². The Morgan fingerprint density at radius 3 is 2.72 bits per heavy atom. The van der Waals surface area contributed by atoms with E-state index in [4.69, 9.17) is 23.7 Å². The average Bonchev–Trinajstić information content (AvgIpc) is 2.66. The summed E-state index contributed by atoms with van der Waals surface area (Å²) < 4.78 is 27.4. The van der Waals surface area contributed by atoms with E-state index >= 15 is 0 Å². The Kier molecular flexibility index (Phi) is 5.28. The molecule has 6 nitrogen and oxygen atoms in total. The van der Waals surface area contributed by atoms with Gasteiger partial charge in [0.25, 0.3) is 0 Å². The Balaban J connectivity index is 1.60. The summed E-state index contributed by atoms with van der Waals surface area (Å²) in [5, 5.41) is 0. The minimum atomic E-state index is -0.453. The van der Waals surface area contributed by atoms with Crippen LogP contribution in [0.2, 0.25) is 0 Å². The van der Waals surface area contributed by atoms with E-state index < -0.39 is 5.97 Å². The number of esters is 1. The van der Waals surface area contributed by atoms with Crippen molar-refractivity contribution in [3.8, 4) is 23.0 Å². The Labute approximate surface area is 146 Å². The number of hydrogen-bond donors (Lipinski definition) is 0. The first kappa shape index (κ1) is 17.0. The van der Waals surface area contributed by atoms with Crippen molar-refractivity contribution in [1.29, 1.82) is 0 Å². The molecule has 25 heavy (non-hydrogen) atoms. The molecular formula is C19H20O6. The van der Waals surface area contributed by atoms with Crippen LogP contribution in [-0.4, -0.2) is 39.0 Å². The van der Waals surface area contributed by atoms with E-state index in [0.717, 1.165) is 0 Å². The second-order valence-corrected chi connectivity index (χ2v) is 5.39. The van der Waals surface area contributed by atoms with Crippen LogP contribution in [-0.2, 0) is 4.74 Å². The van der Waals surface area contributed by atoms with Gasteiger partial charge in [-0.1, -0.05) is 12.1 Å². The molecule has 2 aromatic carbocycles. The maximum atomic E-state index is 12.3. The summed E-state index contributed by atoms with van der Waals surface area (Å²) in [5.74, 6) is 1.97. The Hall–Kier alpha value is -2.89. The third-order valence-corrected chi connectivity index (χ3v) is 3.67. The summed E-state index contributed by atoms with van der Waals surface area (Å²) >= 11 is 0. The fourth-order valence-electron chi connectivity index (χ4n) is 2.47. The topological polar surface area (TPSA) is 63.2 Å². The van der Waals surface area contributed by atoms with Crippen LogP contribution in [0.4, 0.5) is 0 Å². The SMILES string of the molecule is CCOc1cc(C(=O)OCC2COc3ccccc3O2)ccc1OC. The summed E-state index contributed by atoms with van der Waals surface area (Å²) in [6.07, 6.45) is -0.344. The first-order chi connectivity index (χ1) is 12.2. The van der Waals surface area contributed by atoms with Crippen LogP contribution >= 0.6 is 0 Å². The van der Waals surface area contributed by atoms with Gasteiger partial charge in [-0.2, -0.15) is 0 Å². The summed E-state index contributed by atoms with van der Waals surface area (Å²) in [4.78, 5) is 12.3. The molecule has 6 heteroatoms. The molecule has 1 aliphatic heterocycles. The molecule has 0 aliphatic carbocycles. The van der Waals surface area contributed by atoms with Crippen molar-refractivity contribution in [2.75, 3.05) is 26.9 Å². The molecule has 0 radical (unpaired) electrons. The van der Waals surface area contributed by atoms with Crippen LogP contribution in [0.3, 0.4) is 0 Å². The van der Waals surface area contributed by atoms with Crippen LogP contribution < -0.4 is 18.9 Å². The highest BCUT2D eigenvalue weighted by Crippen LogP contribution is 2.31. The minimum Gasteiger partial charge on any atom is -0.493 e. The second kappa shape index (κ2) is 7.79. The fraction of sp³-hybridized carbons (Fsp3) is 0.316. The van der Waals surface area contributed by atoms with Crippen molar-refractivity contribution in [2.24, 2.45) is 0 Å². The molecule has 1 aliphatic rings. The van der Waals surface area contributed by atoms with Crippen molar-refractivity contribution >= 4 is 5.97 Å². The van der Waals surface area contributed by atoms with E-state index in [1.165, 1.54) is 0 Å². The standard InChI is InChI=1S/C19H20O6/c1-3-22-18-10-13(8-9-15(18)21-2)19(20)24-12-14-11-23-16-6-4-5-7-17(16)25-14/h4-10,14H,3,11-12H2,1-2H3. The fourth-order valence-corrected chi connectivity index (χ4v) is 2.47. The molecule has 1 atom stereocenters. The van der Waals surface area contributed by atoms with Gasteiger partial charge in [-0.25, -0.2) is 4.79 Å². The molecular weight excluding hydrogens is 324 g/mol. The second-order valence-electron chi connectivity index (χ2n) is 5.39. The molecule has 1 heterocycles. The molecule has 0 N–H and O–H groups in total. The number of methoxy groups -OCH3 is 1. The van der Waals surface area contributed by atoms with Gasteiger partial charge in [-0.05, 0) is 37.3 Å². The van der Waals surface area contributed by atoms with E-state index in [0.29, 0.717) is 41.8 Å². The zero-order valence-electron chi connectivity index (χ0n) is 14.2. The van der Waals surface area contributed by atoms with Gasteiger partial charge >= 0.3 is 5.97 Å². The van der Waals surface area contributed by atoms with E-state index in [2.05, 4.69) is 0 Å². The molecule has 0 saturated carbocycles. The molecule has 0 saturated heterocycles. The van der Waals surface area contributed by atoms with Crippen molar-refractivity contribution < 1.29 is 28.5 Å². The highest BCUT2D eigenvalue weighted by atomic mass is 16.6. The van der Waals surface area contributed by atoms with Gasteiger partial charge in [0.1, 0.15) is 13.2 Å². The van der Waals surface area contributed by atoms with Gasteiger partial charge in [0.05, 0.1) is 19.3 Å². The molecule has 3 rings (SSSR count). The molecule has 0 aromatic heterocycles. The number of carbonyl (C=O) groups is 1. The van der Waals surface area contributed by atoms with E-state index in [9.17, 15) is 4.79 Å². The van der Waals surface area contributed by atoms with E-state index in [1.807, 2.05) is 31.2 Å². The maximum absolute atomic E-state index is 12.3. The first-order valence-electron chi connectivity index (χ1n) is 8.07. The third-order valence-electron chi connectivity index (χ3n) is 3.67. The van der Waals surface area contributed by atoms with Crippen molar-refractivity contribution in [3.63, 3.8) is 0 Å². The largest absolute Gasteiger partial charge is 0.493 e. The van der Waals surface area contributed by atoms with Gasteiger partial charge in [-0.3, -0.25) is 0 Å². The summed E-state index contributed by atoms with van der Waals surface area (Å²) in [6.45, 7) is 2.77. The van der Waals surface area contributed by atoms with E-state index in [1.54, 1.807) is 25.3 Å². The third kappa shape index (κ3) is 3.96. The maximum Gasteiger partial charge on any atom is 0.338 e. The summed E-state index contributed by atoms with van der Waals surface area (Å²) in [7, 11) is 1.55. The monoisotopic (exact) mass is 344 g/mol. The highest BCUT2D eigenvalue weighted by molar-refractivity contribution is 5.90. The summed E-state index contributed by atoms with van der Waals surface area (Å²) in [6, 6.07) is 12.3. The van der Waals surface area contributed by atoms with E-state index in [-0.39, 0.29) is 12.7 Å². The quantitative estimate of drug-likeness (QED) is 0.751. The van der Waals surface area contributed by atoms with Gasteiger partial charge in [0.15, 0.2) is 29.1 Å². The van der Waals surface area contributed by atoms with Crippen LogP contribution in [0.15, 0.2) is 42.5 Å². The normalized spacial score (nSPS) is 15.4. The molecule has 0 bridgehead atoms. The predicted molar refractivity (Wildman–Crippen MR) is 90.8 cm³/mol. The number of ether oxygens (including phenoxy) is 5. The number of benzene rings is 2. The van der Waals surface area contributed by atoms with Crippen LogP contribution in [0.5, 0.6) is 23.0 Å². The molecule has 0 amide bonds. The zero-order chi connectivity index (χ0) is 17.6. The number of para-hydroxylation sites is 2. The Bertz CT molecular complexity index is 742. The van der Waals surface area contributed by atoms with Crippen LogP contribution in [0.1, 0.15) is 17.3 Å². The lowest BCUT2D eigenvalue weighted by atomic mass is 10.2. The highest BCUT2D eigenvalue weighted by Gasteiger charge is 2.22. The lowest BCUT2D eigenvalue weighted by Crippen LogP contribution is -2.34. The lowest BCUT2D eigenvalue weighted by molar-refractivity contribution is 0.0109. The van der Waals surface area contributed by atoms with Crippen molar-refractivity contribution in [3.05, 3.63) is 48.0 Å². The first-order valence-corrected chi connectivity index (χ1v) is 8.07. The number of rotatable bonds is 6. The molecule has 0 fully saturated rings. The van der Waals surface area contributed by atoms with Crippen molar-refractivity contribution in [1.82, 2.24) is 0 Å². The zero-order valence-corrected chi connectivity index (χ0v) is 14.2. The van der Waals surface area contributed by atoms with Gasteiger partial charge in [0, 0.05) is 0 Å². The van der Waals surface area contributed by atoms with Crippen molar-refractivity contribution in [2.45, 2.75) is 13.0 Å². The summed E-state index contributed by atoms with van der Waals surface area (Å²) in [5.41, 5.74) is 0.390. The lowest BCUT2D eigenvalue weighted by Gasteiger charge is -2.26. The number of hydrogen-bond acceptors (Lipinski definition) is 6.